The molecule has 1 heterocycles. The highest BCUT2D eigenvalue weighted by molar-refractivity contribution is 5.02. The van der Waals surface area contributed by atoms with E-state index in [1.807, 2.05) is 0 Å². The lowest BCUT2D eigenvalue weighted by Gasteiger charge is -2.20. The molecule has 0 fully saturated rings. The summed E-state index contributed by atoms with van der Waals surface area (Å²) < 4.78 is 5.13. The van der Waals surface area contributed by atoms with Crippen LogP contribution in [0.4, 0.5) is 0 Å². The van der Waals surface area contributed by atoms with E-state index >= 15 is 0 Å². The number of hydrogen-bond acceptors (Lipinski definition) is 4. The maximum Gasteiger partial charge on any atom is 0.133 e. The fraction of sp³-hybridized carbons (Fsp3) is 0.692. The summed E-state index contributed by atoms with van der Waals surface area (Å²) >= 11 is 0. The lowest BCUT2D eigenvalue weighted by molar-refractivity contribution is 0.146. The molecular weight excluding hydrogens is 216 g/mol. The van der Waals surface area contributed by atoms with Gasteiger partial charge in [0.15, 0.2) is 0 Å². The van der Waals surface area contributed by atoms with Gasteiger partial charge in [-0.1, -0.05) is 13.8 Å². The highest BCUT2D eigenvalue weighted by Gasteiger charge is 2.09. The predicted molar refractivity (Wildman–Crippen MR) is 68.9 cm³/mol. The molecule has 0 aromatic carbocycles. The molecule has 0 aliphatic heterocycles. The first kappa shape index (κ1) is 14.2. The van der Waals surface area contributed by atoms with Gasteiger partial charge in [-0.05, 0) is 31.6 Å². The number of furan rings is 1. The third kappa shape index (κ3) is 5.35. The highest BCUT2D eigenvalue weighted by atomic mass is 16.4. The summed E-state index contributed by atoms with van der Waals surface area (Å²) in [5.41, 5.74) is 0. The van der Waals surface area contributed by atoms with E-state index in [0.717, 1.165) is 26.2 Å². The molecule has 98 valence electrons. The minimum atomic E-state index is -0.550. The number of hydrogen-bond donors (Lipinski definition) is 2. The van der Waals surface area contributed by atoms with Gasteiger partial charge in [-0.3, -0.25) is 0 Å². The number of aliphatic hydroxyl groups excluding tert-OH is 1. The van der Waals surface area contributed by atoms with Crippen LogP contribution in [-0.4, -0.2) is 42.7 Å². The SMILES string of the molecule is CCCN(CC)CCNCC(O)c1ccco1. The Morgan fingerprint density at radius 1 is 1.41 bits per heavy atom. The molecule has 4 nitrogen and oxygen atoms in total. The number of aliphatic hydroxyl groups is 1. The summed E-state index contributed by atoms with van der Waals surface area (Å²) in [6.07, 6.45) is 2.22. The van der Waals surface area contributed by atoms with E-state index in [1.165, 1.54) is 6.42 Å². The van der Waals surface area contributed by atoms with Crippen molar-refractivity contribution in [3.05, 3.63) is 24.2 Å². The van der Waals surface area contributed by atoms with Gasteiger partial charge in [-0.15, -0.1) is 0 Å². The van der Waals surface area contributed by atoms with Gasteiger partial charge in [0.1, 0.15) is 11.9 Å². The van der Waals surface area contributed by atoms with E-state index in [4.69, 9.17) is 4.42 Å². The molecule has 0 spiro atoms. The van der Waals surface area contributed by atoms with Crippen LogP contribution in [0, 0.1) is 0 Å². The van der Waals surface area contributed by atoms with Gasteiger partial charge in [0.05, 0.1) is 6.26 Å². The van der Waals surface area contributed by atoms with Crippen LogP contribution in [0.1, 0.15) is 32.1 Å². The molecule has 2 N–H and O–H groups in total. The van der Waals surface area contributed by atoms with E-state index in [9.17, 15) is 5.11 Å². The Labute approximate surface area is 104 Å². The Bertz CT molecular complexity index is 275. The third-order valence-corrected chi connectivity index (χ3v) is 2.80. The highest BCUT2D eigenvalue weighted by Crippen LogP contribution is 2.11. The molecule has 17 heavy (non-hydrogen) atoms. The van der Waals surface area contributed by atoms with Crippen LogP contribution in [0.25, 0.3) is 0 Å². The van der Waals surface area contributed by atoms with E-state index < -0.39 is 6.10 Å². The van der Waals surface area contributed by atoms with E-state index in [-0.39, 0.29) is 0 Å². The van der Waals surface area contributed by atoms with Crippen molar-refractivity contribution in [2.75, 3.05) is 32.7 Å². The smallest absolute Gasteiger partial charge is 0.133 e. The van der Waals surface area contributed by atoms with Crippen LogP contribution in [0.15, 0.2) is 22.8 Å². The van der Waals surface area contributed by atoms with E-state index in [2.05, 4.69) is 24.1 Å². The second-order valence-corrected chi connectivity index (χ2v) is 4.17. The number of nitrogens with zero attached hydrogens (tertiary/aromatic N) is 1. The summed E-state index contributed by atoms with van der Waals surface area (Å²) in [6, 6.07) is 3.58. The quantitative estimate of drug-likeness (QED) is 0.644. The van der Waals surface area contributed by atoms with Crippen molar-refractivity contribution >= 4 is 0 Å². The molecule has 0 saturated carbocycles. The van der Waals surface area contributed by atoms with Crippen LogP contribution >= 0.6 is 0 Å². The molecule has 0 bridgehead atoms. The van der Waals surface area contributed by atoms with Crippen molar-refractivity contribution in [1.29, 1.82) is 0 Å². The molecule has 1 unspecified atom stereocenters. The maximum absolute atomic E-state index is 9.77. The van der Waals surface area contributed by atoms with Crippen LogP contribution in [0.5, 0.6) is 0 Å². The maximum atomic E-state index is 9.77. The summed E-state index contributed by atoms with van der Waals surface area (Å²) in [5, 5.41) is 13.0. The second-order valence-electron chi connectivity index (χ2n) is 4.17. The van der Waals surface area contributed by atoms with Gasteiger partial charge >= 0.3 is 0 Å². The second kappa shape index (κ2) is 8.28. The molecular formula is C13H24N2O2. The monoisotopic (exact) mass is 240 g/mol. The Morgan fingerprint density at radius 2 is 2.24 bits per heavy atom. The minimum absolute atomic E-state index is 0.539. The first-order valence-corrected chi connectivity index (χ1v) is 6.42. The fourth-order valence-electron chi connectivity index (χ4n) is 1.80. The molecule has 0 saturated heterocycles. The van der Waals surface area contributed by atoms with Crippen molar-refractivity contribution in [2.24, 2.45) is 0 Å². The number of rotatable bonds is 9. The van der Waals surface area contributed by atoms with Crippen molar-refractivity contribution in [3.63, 3.8) is 0 Å². The molecule has 1 rings (SSSR count). The Balaban J connectivity index is 2.11. The number of nitrogens with one attached hydrogen (secondary N) is 1. The normalized spacial score (nSPS) is 13.2. The third-order valence-electron chi connectivity index (χ3n) is 2.80. The van der Waals surface area contributed by atoms with Crippen molar-refractivity contribution in [3.8, 4) is 0 Å². The summed E-state index contributed by atoms with van der Waals surface area (Å²) in [7, 11) is 0. The molecule has 0 aliphatic carbocycles. The van der Waals surface area contributed by atoms with Gasteiger partial charge in [-0.25, -0.2) is 0 Å². The molecule has 1 aromatic rings. The summed E-state index contributed by atoms with van der Waals surface area (Å²) in [5.74, 6) is 0.624. The van der Waals surface area contributed by atoms with Gasteiger partial charge in [0.2, 0.25) is 0 Å². The zero-order valence-corrected chi connectivity index (χ0v) is 10.9. The Morgan fingerprint density at radius 3 is 2.82 bits per heavy atom. The average molecular weight is 240 g/mol. The summed E-state index contributed by atoms with van der Waals surface area (Å²) in [4.78, 5) is 2.40. The van der Waals surface area contributed by atoms with Gasteiger partial charge in [-0.2, -0.15) is 0 Å². The van der Waals surface area contributed by atoms with Gasteiger partial charge in [0, 0.05) is 19.6 Å². The largest absolute Gasteiger partial charge is 0.467 e. The van der Waals surface area contributed by atoms with E-state index in [1.54, 1.807) is 18.4 Å². The van der Waals surface area contributed by atoms with Crippen molar-refractivity contribution in [2.45, 2.75) is 26.4 Å². The Kier molecular flexibility index (Phi) is 6.93. The first-order chi connectivity index (χ1) is 8.27. The standard InChI is InChI=1S/C13H24N2O2/c1-3-8-15(4-2)9-7-14-11-12(16)13-6-5-10-17-13/h5-6,10,12,14,16H,3-4,7-9,11H2,1-2H3. The Hall–Kier alpha value is -0.840. The van der Waals surface area contributed by atoms with Crippen LogP contribution in [0.3, 0.4) is 0 Å². The predicted octanol–water partition coefficient (Wildman–Crippen LogP) is 1.63. The first-order valence-electron chi connectivity index (χ1n) is 6.42. The molecule has 0 amide bonds. The molecule has 0 aliphatic rings. The lowest BCUT2D eigenvalue weighted by atomic mass is 10.3. The number of likely N-dealkylation sites (N-methyl/N-ethyl adjacent to an activating group) is 1. The molecule has 1 aromatic heterocycles. The summed E-state index contributed by atoms with van der Waals surface area (Å²) in [6.45, 7) is 9.04. The van der Waals surface area contributed by atoms with Crippen LogP contribution in [-0.2, 0) is 0 Å². The van der Waals surface area contributed by atoms with Gasteiger partial charge in [0.25, 0.3) is 0 Å². The molecule has 1 atom stereocenters. The minimum Gasteiger partial charge on any atom is -0.467 e. The van der Waals surface area contributed by atoms with Crippen molar-refractivity contribution in [1.82, 2.24) is 10.2 Å². The van der Waals surface area contributed by atoms with E-state index in [0.29, 0.717) is 12.3 Å². The zero-order chi connectivity index (χ0) is 12.5. The topological polar surface area (TPSA) is 48.6 Å². The average Bonchev–Trinajstić information content (AvgIpc) is 2.86. The van der Waals surface area contributed by atoms with Crippen molar-refractivity contribution < 1.29 is 9.52 Å². The van der Waals surface area contributed by atoms with Gasteiger partial charge < -0.3 is 19.7 Å². The molecule has 0 radical (unpaired) electrons. The fourth-order valence-corrected chi connectivity index (χ4v) is 1.80. The van der Waals surface area contributed by atoms with Crippen LogP contribution in [0.2, 0.25) is 0 Å². The molecule has 4 heteroatoms. The van der Waals surface area contributed by atoms with Crippen LogP contribution < -0.4 is 5.32 Å². The zero-order valence-electron chi connectivity index (χ0n) is 10.9. The lowest BCUT2D eigenvalue weighted by Crippen LogP contribution is -2.34.